The number of oxime groups is 1. The van der Waals surface area contributed by atoms with Crippen LogP contribution in [0.15, 0.2) is 23.4 Å². The van der Waals surface area contributed by atoms with E-state index in [9.17, 15) is 0 Å². The van der Waals surface area contributed by atoms with E-state index in [1.165, 1.54) is 7.11 Å². The first kappa shape index (κ1) is 8.08. The van der Waals surface area contributed by atoms with Gasteiger partial charge in [-0.15, -0.1) is 0 Å². The van der Waals surface area contributed by atoms with Crippen LogP contribution in [0, 0.1) is 6.07 Å². The molecule has 0 fully saturated rings. The summed E-state index contributed by atoms with van der Waals surface area (Å²) in [4.78, 5) is 4.50. The average molecular weight is 169 g/mol. The number of rotatable bonds is 2. The van der Waals surface area contributed by atoms with Crippen LogP contribution in [-0.4, -0.2) is 13.3 Å². The van der Waals surface area contributed by atoms with Crippen LogP contribution in [0.1, 0.15) is 5.56 Å². The maximum absolute atomic E-state index is 5.79. The van der Waals surface area contributed by atoms with E-state index < -0.39 is 0 Å². The lowest BCUT2D eigenvalue weighted by Crippen LogP contribution is -1.82. The molecule has 2 nitrogen and oxygen atoms in total. The summed E-state index contributed by atoms with van der Waals surface area (Å²) in [5, 5.41) is 4.22. The lowest BCUT2D eigenvalue weighted by molar-refractivity contribution is 0.215. The number of hydrogen-bond donors (Lipinski definition) is 0. The van der Waals surface area contributed by atoms with E-state index in [-0.39, 0.29) is 0 Å². The molecule has 0 aromatic heterocycles. The molecule has 0 saturated carbocycles. The summed E-state index contributed by atoms with van der Waals surface area (Å²) >= 11 is 5.79. The fourth-order valence-electron chi connectivity index (χ4n) is 0.633. The lowest BCUT2D eigenvalue weighted by Gasteiger charge is -1.93. The van der Waals surface area contributed by atoms with E-state index in [4.69, 9.17) is 11.6 Å². The van der Waals surface area contributed by atoms with Gasteiger partial charge in [-0.1, -0.05) is 22.8 Å². The highest BCUT2D eigenvalue weighted by molar-refractivity contribution is 6.33. The van der Waals surface area contributed by atoms with Crippen molar-refractivity contribution < 1.29 is 4.84 Å². The number of benzene rings is 1. The lowest BCUT2D eigenvalue weighted by atomic mass is 10.2. The predicted molar refractivity (Wildman–Crippen MR) is 44.9 cm³/mol. The van der Waals surface area contributed by atoms with Crippen LogP contribution in [0.25, 0.3) is 0 Å². The van der Waals surface area contributed by atoms with Crippen LogP contribution in [0.4, 0.5) is 0 Å². The Bertz CT molecular complexity index is 260. The van der Waals surface area contributed by atoms with Crippen LogP contribution >= 0.6 is 11.6 Å². The molecule has 0 saturated heterocycles. The van der Waals surface area contributed by atoms with Gasteiger partial charge in [-0.2, -0.15) is 0 Å². The molecule has 0 aliphatic carbocycles. The Kier molecular flexibility index (Phi) is 2.93. The molecule has 0 unspecified atom stereocenters. The predicted octanol–water partition coefficient (Wildman–Crippen LogP) is 2.12. The standard InChI is InChI=1S/C8H7ClNO/c1-11-10-6-7-4-2-3-5-8(7)9/h3-6H,1H3. The van der Waals surface area contributed by atoms with Crippen molar-refractivity contribution in [3.05, 3.63) is 34.9 Å². The van der Waals surface area contributed by atoms with E-state index in [1.807, 2.05) is 0 Å². The fourth-order valence-corrected chi connectivity index (χ4v) is 0.799. The summed E-state index contributed by atoms with van der Waals surface area (Å²) in [6.07, 6.45) is 1.54. The third-order valence-corrected chi connectivity index (χ3v) is 1.48. The molecule has 1 radical (unpaired) electrons. The van der Waals surface area contributed by atoms with Gasteiger partial charge in [0.2, 0.25) is 0 Å². The van der Waals surface area contributed by atoms with Crippen molar-refractivity contribution in [3.63, 3.8) is 0 Å². The van der Waals surface area contributed by atoms with Gasteiger partial charge < -0.3 is 4.84 Å². The molecule has 11 heavy (non-hydrogen) atoms. The zero-order chi connectivity index (χ0) is 8.10. The van der Waals surface area contributed by atoms with Gasteiger partial charge >= 0.3 is 0 Å². The van der Waals surface area contributed by atoms with E-state index in [0.29, 0.717) is 5.02 Å². The fraction of sp³-hybridized carbons (Fsp3) is 0.125. The largest absolute Gasteiger partial charge is 0.399 e. The molecule has 0 aliphatic heterocycles. The molecule has 1 aromatic rings. The van der Waals surface area contributed by atoms with Gasteiger partial charge in [-0.3, -0.25) is 0 Å². The van der Waals surface area contributed by atoms with Crippen molar-refractivity contribution in [2.45, 2.75) is 0 Å². The maximum atomic E-state index is 5.79. The minimum absolute atomic E-state index is 0.643. The second kappa shape index (κ2) is 3.98. The topological polar surface area (TPSA) is 21.6 Å². The van der Waals surface area contributed by atoms with Crippen LogP contribution < -0.4 is 0 Å². The van der Waals surface area contributed by atoms with E-state index in [2.05, 4.69) is 16.1 Å². The van der Waals surface area contributed by atoms with Crippen LogP contribution in [0.5, 0.6) is 0 Å². The molecule has 0 amide bonds. The molecule has 0 atom stereocenters. The average Bonchev–Trinajstić information content (AvgIpc) is 2.03. The molecular formula is C8H7ClNO. The van der Waals surface area contributed by atoms with E-state index in [0.717, 1.165) is 5.56 Å². The first-order valence-electron chi connectivity index (χ1n) is 3.06. The van der Waals surface area contributed by atoms with Gasteiger partial charge in [0.25, 0.3) is 0 Å². The van der Waals surface area contributed by atoms with Gasteiger partial charge in [-0.25, -0.2) is 0 Å². The molecule has 0 spiro atoms. The summed E-state index contributed by atoms with van der Waals surface area (Å²) in [5.74, 6) is 0. The van der Waals surface area contributed by atoms with Crippen molar-refractivity contribution >= 4 is 17.8 Å². The first-order chi connectivity index (χ1) is 5.34. The highest BCUT2D eigenvalue weighted by Gasteiger charge is 1.92. The summed E-state index contributed by atoms with van der Waals surface area (Å²) < 4.78 is 0. The number of halogens is 1. The third-order valence-electron chi connectivity index (χ3n) is 1.14. The quantitative estimate of drug-likeness (QED) is 0.490. The van der Waals surface area contributed by atoms with Crippen LogP contribution in [0.3, 0.4) is 0 Å². The van der Waals surface area contributed by atoms with Crippen molar-refractivity contribution in [2.24, 2.45) is 5.16 Å². The zero-order valence-corrected chi connectivity index (χ0v) is 6.80. The highest BCUT2D eigenvalue weighted by atomic mass is 35.5. The summed E-state index contributed by atoms with van der Waals surface area (Å²) in [6.45, 7) is 0. The Morgan fingerprint density at radius 1 is 1.73 bits per heavy atom. The van der Waals surface area contributed by atoms with Crippen molar-refractivity contribution in [1.29, 1.82) is 0 Å². The third kappa shape index (κ3) is 2.24. The molecule has 0 aliphatic rings. The SMILES string of the molecule is CON=Cc1c[c]ccc1Cl. The molecule has 3 heteroatoms. The van der Waals surface area contributed by atoms with Crippen molar-refractivity contribution in [2.75, 3.05) is 7.11 Å². The van der Waals surface area contributed by atoms with Gasteiger partial charge in [0.05, 0.1) is 6.21 Å². The van der Waals surface area contributed by atoms with Crippen molar-refractivity contribution in [1.82, 2.24) is 0 Å². The summed E-state index contributed by atoms with van der Waals surface area (Å²) in [7, 11) is 1.48. The molecule has 0 heterocycles. The van der Waals surface area contributed by atoms with Gasteiger partial charge in [0, 0.05) is 10.6 Å². The normalized spacial score (nSPS) is 10.4. The Hall–Kier alpha value is -1.02. The molecule has 1 aromatic carbocycles. The number of nitrogens with zero attached hydrogens (tertiary/aromatic N) is 1. The van der Waals surface area contributed by atoms with Gasteiger partial charge in [0.15, 0.2) is 0 Å². The van der Waals surface area contributed by atoms with Gasteiger partial charge in [-0.05, 0) is 18.2 Å². The molecule has 0 N–H and O–H groups in total. The minimum Gasteiger partial charge on any atom is -0.399 e. The van der Waals surface area contributed by atoms with Gasteiger partial charge in [0.1, 0.15) is 7.11 Å². The molecular weight excluding hydrogens is 162 g/mol. The molecule has 57 valence electrons. The second-order valence-corrected chi connectivity index (χ2v) is 2.27. The zero-order valence-electron chi connectivity index (χ0n) is 6.04. The minimum atomic E-state index is 0.643. The second-order valence-electron chi connectivity index (χ2n) is 1.86. The van der Waals surface area contributed by atoms with E-state index >= 15 is 0 Å². The number of hydrogen-bond acceptors (Lipinski definition) is 2. The van der Waals surface area contributed by atoms with Crippen molar-refractivity contribution in [3.8, 4) is 0 Å². The Balaban J connectivity index is 2.86. The van der Waals surface area contributed by atoms with E-state index in [1.54, 1.807) is 24.4 Å². The monoisotopic (exact) mass is 168 g/mol. The summed E-state index contributed by atoms with van der Waals surface area (Å²) in [5.41, 5.74) is 0.802. The van der Waals surface area contributed by atoms with Crippen LogP contribution in [-0.2, 0) is 4.84 Å². The Labute approximate surface area is 70.4 Å². The molecule has 0 bridgehead atoms. The van der Waals surface area contributed by atoms with Crippen LogP contribution in [0.2, 0.25) is 5.02 Å². The smallest absolute Gasteiger partial charge is 0.106 e. The summed E-state index contributed by atoms with van der Waals surface area (Å²) in [6, 6.07) is 8.11. The molecule has 1 rings (SSSR count). The highest BCUT2D eigenvalue weighted by Crippen LogP contribution is 2.11. The first-order valence-corrected chi connectivity index (χ1v) is 3.44. The maximum Gasteiger partial charge on any atom is 0.106 e. The Morgan fingerprint density at radius 3 is 3.18 bits per heavy atom. The Morgan fingerprint density at radius 2 is 2.55 bits per heavy atom.